The van der Waals surface area contributed by atoms with E-state index in [4.69, 9.17) is 5.11 Å². The van der Waals surface area contributed by atoms with Crippen LogP contribution in [-0.2, 0) is 17.5 Å². The van der Waals surface area contributed by atoms with E-state index in [1.54, 1.807) is 0 Å². The van der Waals surface area contributed by atoms with Gasteiger partial charge >= 0.3 is 6.18 Å². The molecule has 0 spiro atoms. The molecule has 0 aliphatic carbocycles. The highest BCUT2D eigenvalue weighted by Crippen LogP contribution is 2.27. The molecule has 0 aromatic carbocycles. The van der Waals surface area contributed by atoms with Gasteiger partial charge in [-0.2, -0.15) is 13.2 Å². The zero-order valence-corrected chi connectivity index (χ0v) is 11.5. The Bertz CT molecular complexity index is 540. The Morgan fingerprint density at radius 2 is 2.10 bits per heavy atom. The summed E-state index contributed by atoms with van der Waals surface area (Å²) in [7, 11) is 0. The largest absolute Gasteiger partial charge is 0.417 e. The van der Waals surface area contributed by atoms with Gasteiger partial charge in [0, 0.05) is 25.4 Å². The molecule has 21 heavy (non-hydrogen) atoms. The summed E-state index contributed by atoms with van der Waals surface area (Å²) in [5.41, 5.74) is -1.66. The minimum absolute atomic E-state index is 0.00980. The zero-order chi connectivity index (χ0) is 16.0. The summed E-state index contributed by atoms with van der Waals surface area (Å²) in [6, 6.07) is 1.46. The van der Waals surface area contributed by atoms with Gasteiger partial charge in [-0.25, -0.2) is 0 Å². The number of aliphatic hydroxyl groups excluding tert-OH is 1. The van der Waals surface area contributed by atoms with Crippen molar-refractivity contribution in [3.05, 3.63) is 34.2 Å². The fourth-order valence-electron chi connectivity index (χ4n) is 1.64. The molecule has 1 aromatic heterocycles. The maximum Gasteiger partial charge on any atom is 0.417 e. The number of aromatic nitrogens is 1. The van der Waals surface area contributed by atoms with Crippen LogP contribution in [-0.4, -0.2) is 28.7 Å². The van der Waals surface area contributed by atoms with Gasteiger partial charge in [0.1, 0.15) is 6.54 Å². The first kappa shape index (κ1) is 17.2. The minimum atomic E-state index is -4.57. The Labute approximate surface area is 119 Å². The lowest BCUT2D eigenvalue weighted by atomic mass is 10.1. The Hall–Kier alpha value is -1.83. The number of alkyl halides is 3. The van der Waals surface area contributed by atoms with Crippen molar-refractivity contribution in [3.63, 3.8) is 0 Å². The lowest BCUT2D eigenvalue weighted by Crippen LogP contribution is -2.34. The molecule has 0 fully saturated rings. The summed E-state index contributed by atoms with van der Waals surface area (Å²) in [4.78, 5) is 23.1. The van der Waals surface area contributed by atoms with Crippen molar-refractivity contribution in [2.75, 3.05) is 13.2 Å². The van der Waals surface area contributed by atoms with Gasteiger partial charge < -0.3 is 15.0 Å². The highest BCUT2D eigenvalue weighted by molar-refractivity contribution is 5.75. The van der Waals surface area contributed by atoms with Crippen LogP contribution in [0.1, 0.15) is 18.9 Å². The molecular formula is C13H17F3N2O3. The number of rotatable bonds is 6. The topological polar surface area (TPSA) is 71.3 Å². The van der Waals surface area contributed by atoms with E-state index in [1.165, 1.54) is 0 Å². The molecule has 5 nitrogen and oxygen atoms in total. The zero-order valence-electron chi connectivity index (χ0n) is 11.5. The van der Waals surface area contributed by atoms with Gasteiger partial charge in [0.15, 0.2) is 0 Å². The summed E-state index contributed by atoms with van der Waals surface area (Å²) < 4.78 is 38.3. The van der Waals surface area contributed by atoms with Gasteiger partial charge in [0.25, 0.3) is 5.56 Å². The molecule has 1 aromatic rings. The highest BCUT2D eigenvalue weighted by atomic mass is 19.4. The van der Waals surface area contributed by atoms with E-state index < -0.39 is 29.8 Å². The van der Waals surface area contributed by atoms with E-state index in [0.29, 0.717) is 18.7 Å². The second-order valence-electron chi connectivity index (χ2n) is 4.80. The summed E-state index contributed by atoms with van der Waals surface area (Å²) in [6.45, 7) is 1.61. The third-order valence-electron chi connectivity index (χ3n) is 2.89. The molecule has 1 heterocycles. The van der Waals surface area contributed by atoms with Crippen molar-refractivity contribution < 1.29 is 23.1 Å². The molecule has 0 radical (unpaired) electrons. The molecule has 0 saturated carbocycles. The number of nitrogens with one attached hydrogen (secondary N) is 1. The predicted octanol–water partition coefficient (Wildman–Crippen LogP) is 1.00. The van der Waals surface area contributed by atoms with Gasteiger partial charge in [-0.15, -0.1) is 0 Å². The quantitative estimate of drug-likeness (QED) is 0.824. The first-order chi connectivity index (χ1) is 9.74. The van der Waals surface area contributed by atoms with E-state index in [9.17, 15) is 22.8 Å². The number of carbonyl (C=O) groups excluding carboxylic acids is 1. The maximum absolute atomic E-state index is 12.5. The van der Waals surface area contributed by atoms with Crippen LogP contribution in [0.3, 0.4) is 0 Å². The number of pyridine rings is 1. The van der Waals surface area contributed by atoms with Crippen molar-refractivity contribution >= 4 is 5.91 Å². The second-order valence-corrected chi connectivity index (χ2v) is 4.80. The Balaban J connectivity index is 2.70. The maximum atomic E-state index is 12.5. The average Bonchev–Trinajstić information content (AvgIpc) is 2.38. The van der Waals surface area contributed by atoms with Crippen LogP contribution < -0.4 is 10.9 Å². The smallest absolute Gasteiger partial charge is 0.396 e. The second kappa shape index (κ2) is 7.26. The number of hydrogen-bond donors (Lipinski definition) is 2. The van der Waals surface area contributed by atoms with Crippen LogP contribution in [0.2, 0.25) is 0 Å². The molecule has 1 unspecified atom stereocenters. The van der Waals surface area contributed by atoms with Crippen molar-refractivity contribution in [1.82, 2.24) is 9.88 Å². The normalized spacial score (nSPS) is 13.0. The van der Waals surface area contributed by atoms with E-state index >= 15 is 0 Å². The predicted molar refractivity (Wildman–Crippen MR) is 69.6 cm³/mol. The number of hydrogen-bond acceptors (Lipinski definition) is 3. The number of amides is 1. The van der Waals surface area contributed by atoms with Crippen LogP contribution in [0, 0.1) is 5.92 Å². The van der Waals surface area contributed by atoms with Crippen molar-refractivity contribution in [1.29, 1.82) is 0 Å². The van der Waals surface area contributed by atoms with Crippen LogP contribution >= 0.6 is 0 Å². The van der Waals surface area contributed by atoms with Crippen LogP contribution in [0.5, 0.6) is 0 Å². The first-order valence-corrected chi connectivity index (χ1v) is 6.39. The standard InChI is InChI=1S/C13H17F3N2O3/c1-9(4-5-19)6-17-11(20)8-18-7-10(13(14,15)16)2-3-12(18)21/h2-3,7,9,19H,4-6,8H2,1H3,(H,17,20). The number of nitrogens with zero attached hydrogens (tertiary/aromatic N) is 1. The fraction of sp³-hybridized carbons (Fsp3) is 0.538. The Morgan fingerprint density at radius 1 is 1.43 bits per heavy atom. The number of carbonyl (C=O) groups is 1. The van der Waals surface area contributed by atoms with E-state index in [0.717, 1.165) is 10.6 Å². The molecular weight excluding hydrogens is 289 g/mol. The first-order valence-electron chi connectivity index (χ1n) is 6.39. The number of aliphatic hydroxyl groups is 1. The SMILES string of the molecule is CC(CCO)CNC(=O)Cn1cc(C(F)(F)F)ccc1=O. The van der Waals surface area contributed by atoms with Gasteiger partial charge in [0.2, 0.25) is 5.91 Å². The lowest BCUT2D eigenvalue weighted by Gasteiger charge is -2.13. The molecule has 8 heteroatoms. The Kier molecular flexibility index (Phi) is 5.95. The van der Waals surface area contributed by atoms with Gasteiger partial charge in [-0.05, 0) is 18.4 Å². The summed E-state index contributed by atoms with van der Waals surface area (Å²) in [5.74, 6) is -0.515. The molecule has 0 aliphatic rings. The highest BCUT2D eigenvalue weighted by Gasteiger charge is 2.31. The molecule has 1 amide bonds. The van der Waals surface area contributed by atoms with Crippen molar-refractivity contribution in [2.24, 2.45) is 5.92 Å². The van der Waals surface area contributed by atoms with Crippen molar-refractivity contribution in [3.8, 4) is 0 Å². The number of halogens is 3. The van der Waals surface area contributed by atoms with Gasteiger partial charge in [-0.3, -0.25) is 9.59 Å². The lowest BCUT2D eigenvalue weighted by molar-refractivity contribution is -0.138. The molecule has 1 rings (SSSR count). The molecule has 118 valence electrons. The summed E-state index contributed by atoms with van der Waals surface area (Å²) >= 11 is 0. The van der Waals surface area contributed by atoms with Crippen LogP contribution in [0.25, 0.3) is 0 Å². The van der Waals surface area contributed by atoms with E-state index in [1.807, 2.05) is 6.92 Å². The monoisotopic (exact) mass is 306 g/mol. The third kappa shape index (κ3) is 5.58. The third-order valence-corrected chi connectivity index (χ3v) is 2.89. The average molecular weight is 306 g/mol. The molecule has 0 aliphatic heterocycles. The molecule has 0 saturated heterocycles. The van der Waals surface area contributed by atoms with Gasteiger partial charge in [-0.1, -0.05) is 6.92 Å². The van der Waals surface area contributed by atoms with Gasteiger partial charge in [0.05, 0.1) is 5.56 Å². The van der Waals surface area contributed by atoms with Crippen molar-refractivity contribution in [2.45, 2.75) is 26.1 Å². The van der Waals surface area contributed by atoms with Crippen LogP contribution in [0.4, 0.5) is 13.2 Å². The van der Waals surface area contributed by atoms with E-state index in [-0.39, 0.29) is 19.1 Å². The Morgan fingerprint density at radius 3 is 2.67 bits per heavy atom. The minimum Gasteiger partial charge on any atom is -0.396 e. The summed E-state index contributed by atoms with van der Waals surface area (Å²) in [5, 5.41) is 11.2. The van der Waals surface area contributed by atoms with Crippen LogP contribution in [0.15, 0.2) is 23.1 Å². The molecule has 2 N–H and O–H groups in total. The van der Waals surface area contributed by atoms with E-state index in [2.05, 4.69) is 5.32 Å². The molecule has 0 bridgehead atoms. The summed E-state index contributed by atoms with van der Waals surface area (Å²) in [6.07, 6.45) is -3.44. The molecule has 1 atom stereocenters. The fourth-order valence-corrected chi connectivity index (χ4v) is 1.64.